The van der Waals surface area contributed by atoms with Gasteiger partial charge in [-0.05, 0) is 36.8 Å². The number of para-hydroxylation sites is 2. The van der Waals surface area contributed by atoms with E-state index in [1.807, 2.05) is 6.92 Å². The Hall–Kier alpha value is -2.38. The van der Waals surface area contributed by atoms with Gasteiger partial charge in [-0.2, -0.15) is 0 Å². The molecule has 0 radical (unpaired) electrons. The summed E-state index contributed by atoms with van der Waals surface area (Å²) in [6, 6.07) is 12.9. The third-order valence-electron chi connectivity index (χ3n) is 3.30. The lowest BCUT2D eigenvalue weighted by Gasteiger charge is -2.11. The molecule has 0 spiro atoms. The van der Waals surface area contributed by atoms with Crippen LogP contribution in [0.1, 0.15) is 23.7 Å². The van der Waals surface area contributed by atoms with Gasteiger partial charge in [-0.15, -0.1) is 0 Å². The number of amides is 1. The zero-order valence-corrected chi connectivity index (χ0v) is 14.4. The highest BCUT2D eigenvalue weighted by Gasteiger charge is 2.16. The van der Waals surface area contributed by atoms with E-state index in [0.29, 0.717) is 24.4 Å². The summed E-state index contributed by atoms with van der Waals surface area (Å²) < 4.78 is 32.0. The molecule has 0 aromatic heterocycles. The molecule has 6 nitrogen and oxygen atoms in total. The van der Waals surface area contributed by atoms with Crippen LogP contribution in [0.4, 0.5) is 5.69 Å². The Morgan fingerprint density at radius 1 is 1.12 bits per heavy atom. The van der Waals surface area contributed by atoms with Crippen molar-refractivity contribution in [1.82, 2.24) is 4.72 Å². The van der Waals surface area contributed by atoms with Crippen LogP contribution in [0, 0.1) is 0 Å². The van der Waals surface area contributed by atoms with E-state index in [1.165, 1.54) is 25.3 Å². The van der Waals surface area contributed by atoms with Crippen molar-refractivity contribution in [2.75, 3.05) is 19.0 Å². The smallest absolute Gasteiger partial charge is 0.255 e. The minimum atomic E-state index is -3.62. The van der Waals surface area contributed by atoms with Gasteiger partial charge in [0.25, 0.3) is 5.91 Å². The molecular weight excluding hydrogens is 328 g/mol. The quantitative estimate of drug-likeness (QED) is 0.805. The summed E-state index contributed by atoms with van der Waals surface area (Å²) in [5.41, 5.74) is 0.766. The molecule has 2 N–H and O–H groups in total. The summed E-state index contributed by atoms with van der Waals surface area (Å²) in [6.07, 6.45) is 0.688. The van der Waals surface area contributed by atoms with E-state index < -0.39 is 15.9 Å². The van der Waals surface area contributed by atoms with E-state index in [4.69, 9.17) is 4.74 Å². The first-order chi connectivity index (χ1) is 11.5. The summed E-state index contributed by atoms with van der Waals surface area (Å²) in [4.78, 5) is 12.5. The number of anilines is 1. The number of benzene rings is 2. The van der Waals surface area contributed by atoms with Gasteiger partial charge in [-0.3, -0.25) is 4.79 Å². The molecule has 0 aliphatic heterocycles. The van der Waals surface area contributed by atoms with Crippen LogP contribution in [0.25, 0.3) is 0 Å². The molecule has 0 unspecified atom stereocenters. The van der Waals surface area contributed by atoms with Crippen molar-refractivity contribution >= 4 is 21.6 Å². The van der Waals surface area contributed by atoms with Crippen LogP contribution in [0.2, 0.25) is 0 Å². The van der Waals surface area contributed by atoms with Gasteiger partial charge >= 0.3 is 0 Å². The molecule has 0 fully saturated rings. The summed E-state index contributed by atoms with van der Waals surface area (Å²) in [6.45, 7) is 2.22. The fourth-order valence-electron chi connectivity index (χ4n) is 2.07. The highest BCUT2D eigenvalue weighted by atomic mass is 32.2. The van der Waals surface area contributed by atoms with Gasteiger partial charge in [0.2, 0.25) is 10.0 Å². The van der Waals surface area contributed by atoms with E-state index in [1.54, 1.807) is 30.3 Å². The largest absolute Gasteiger partial charge is 0.495 e. The third kappa shape index (κ3) is 4.33. The number of hydrogen-bond acceptors (Lipinski definition) is 4. The van der Waals surface area contributed by atoms with E-state index in [0.717, 1.165) is 0 Å². The Balaban J connectivity index is 2.23. The van der Waals surface area contributed by atoms with Gasteiger partial charge in [0.05, 0.1) is 17.7 Å². The molecule has 128 valence electrons. The average molecular weight is 348 g/mol. The Labute approximate surface area is 141 Å². The standard InChI is InChI=1S/C17H20N2O4S/c1-3-11-18-24(21,22)14-8-6-7-13(12-14)17(20)19-15-9-4-5-10-16(15)23-2/h4-10,12,18H,3,11H2,1-2H3,(H,19,20). The molecule has 0 heterocycles. The first-order valence-corrected chi connectivity index (χ1v) is 9.00. The number of carbonyl (C=O) groups excluding carboxylic acids is 1. The van der Waals surface area contributed by atoms with Gasteiger partial charge in [-0.25, -0.2) is 13.1 Å². The van der Waals surface area contributed by atoms with Crippen LogP contribution in [0.5, 0.6) is 5.75 Å². The van der Waals surface area contributed by atoms with Crippen molar-refractivity contribution in [2.24, 2.45) is 0 Å². The maximum absolute atomic E-state index is 12.4. The number of methoxy groups -OCH3 is 1. The fourth-order valence-corrected chi connectivity index (χ4v) is 3.25. The van der Waals surface area contributed by atoms with Crippen LogP contribution < -0.4 is 14.8 Å². The lowest BCUT2D eigenvalue weighted by Crippen LogP contribution is -2.24. The number of hydrogen-bond donors (Lipinski definition) is 2. The van der Waals surface area contributed by atoms with E-state index in [2.05, 4.69) is 10.0 Å². The van der Waals surface area contributed by atoms with Crippen LogP contribution in [-0.4, -0.2) is 28.0 Å². The van der Waals surface area contributed by atoms with Gasteiger partial charge in [-0.1, -0.05) is 25.1 Å². The van der Waals surface area contributed by atoms with Gasteiger partial charge in [0, 0.05) is 12.1 Å². The minimum Gasteiger partial charge on any atom is -0.495 e. The molecule has 0 aliphatic carbocycles. The normalized spacial score (nSPS) is 11.1. The zero-order chi connectivity index (χ0) is 17.6. The van der Waals surface area contributed by atoms with E-state index in [9.17, 15) is 13.2 Å². The second kappa shape index (κ2) is 7.94. The molecule has 2 aromatic rings. The summed E-state index contributed by atoms with van der Waals surface area (Å²) in [5, 5.41) is 2.72. The van der Waals surface area contributed by atoms with Crippen molar-refractivity contribution in [3.63, 3.8) is 0 Å². The van der Waals surface area contributed by atoms with Crippen molar-refractivity contribution in [3.8, 4) is 5.75 Å². The number of ether oxygens (including phenoxy) is 1. The molecule has 1 amide bonds. The second-order valence-corrected chi connectivity index (χ2v) is 6.85. The average Bonchev–Trinajstić information content (AvgIpc) is 2.60. The molecular formula is C17H20N2O4S. The van der Waals surface area contributed by atoms with Crippen LogP contribution in [0.15, 0.2) is 53.4 Å². The number of sulfonamides is 1. The van der Waals surface area contributed by atoms with E-state index in [-0.39, 0.29) is 10.5 Å². The lowest BCUT2D eigenvalue weighted by atomic mass is 10.2. The zero-order valence-electron chi connectivity index (χ0n) is 13.6. The van der Waals surface area contributed by atoms with Crippen molar-refractivity contribution in [1.29, 1.82) is 0 Å². The van der Waals surface area contributed by atoms with Crippen molar-refractivity contribution < 1.29 is 17.9 Å². The van der Waals surface area contributed by atoms with Crippen molar-refractivity contribution in [3.05, 3.63) is 54.1 Å². The van der Waals surface area contributed by atoms with Gasteiger partial charge in [0.1, 0.15) is 5.75 Å². The number of carbonyl (C=O) groups is 1. The Morgan fingerprint density at radius 2 is 1.88 bits per heavy atom. The van der Waals surface area contributed by atoms with Gasteiger partial charge in [0.15, 0.2) is 0 Å². The minimum absolute atomic E-state index is 0.0589. The molecule has 7 heteroatoms. The number of nitrogens with one attached hydrogen (secondary N) is 2. The molecule has 0 aliphatic rings. The second-order valence-electron chi connectivity index (χ2n) is 5.08. The van der Waals surface area contributed by atoms with Crippen LogP contribution >= 0.6 is 0 Å². The third-order valence-corrected chi connectivity index (χ3v) is 4.76. The van der Waals surface area contributed by atoms with E-state index >= 15 is 0 Å². The number of rotatable bonds is 7. The van der Waals surface area contributed by atoms with Crippen molar-refractivity contribution in [2.45, 2.75) is 18.2 Å². The summed E-state index contributed by atoms with van der Waals surface area (Å²) >= 11 is 0. The van der Waals surface area contributed by atoms with Gasteiger partial charge < -0.3 is 10.1 Å². The maximum atomic E-state index is 12.4. The summed E-state index contributed by atoms with van der Waals surface area (Å²) in [5.74, 6) is 0.117. The molecule has 0 saturated carbocycles. The predicted octanol–water partition coefficient (Wildman–Crippen LogP) is 2.64. The predicted molar refractivity (Wildman–Crippen MR) is 92.9 cm³/mol. The highest BCUT2D eigenvalue weighted by molar-refractivity contribution is 7.89. The lowest BCUT2D eigenvalue weighted by molar-refractivity contribution is 0.102. The Kier molecular flexibility index (Phi) is 5.94. The highest BCUT2D eigenvalue weighted by Crippen LogP contribution is 2.24. The SMILES string of the molecule is CCCNS(=O)(=O)c1cccc(C(=O)Nc2ccccc2OC)c1. The van der Waals surface area contributed by atoms with Crippen LogP contribution in [0.3, 0.4) is 0 Å². The molecule has 24 heavy (non-hydrogen) atoms. The monoisotopic (exact) mass is 348 g/mol. The molecule has 2 aromatic carbocycles. The first kappa shape index (κ1) is 18.0. The Morgan fingerprint density at radius 3 is 2.58 bits per heavy atom. The topological polar surface area (TPSA) is 84.5 Å². The molecule has 2 rings (SSSR count). The molecule has 0 saturated heterocycles. The summed E-state index contributed by atoms with van der Waals surface area (Å²) in [7, 11) is -2.11. The fraction of sp³-hybridized carbons (Fsp3) is 0.235. The maximum Gasteiger partial charge on any atom is 0.255 e. The van der Waals surface area contributed by atoms with Crippen LogP contribution in [-0.2, 0) is 10.0 Å². The Bertz CT molecular complexity index is 819. The first-order valence-electron chi connectivity index (χ1n) is 7.52. The molecule has 0 bridgehead atoms. The molecule has 0 atom stereocenters.